The Labute approximate surface area is 245 Å². The molecule has 10 nitrogen and oxygen atoms in total. The maximum atomic E-state index is 11.6. The molecule has 1 saturated heterocycles. The second-order valence-corrected chi connectivity index (χ2v) is 9.86. The van der Waals surface area contributed by atoms with Crippen molar-refractivity contribution < 1.29 is 33.7 Å². The predicted octanol–water partition coefficient (Wildman–Crippen LogP) is 5.59. The van der Waals surface area contributed by atoms with Gasteiger partial charge in [-0.1, -0.05) is 17.7 Å². The van der Waals surface area contributed by atoms with Crippen molar-refractivity contribution in [3.05, 3.63) is 101 Å². The van der Waals surface area contributed by atoms with E-state index in [9.17, 15) is 19.8 Å². The van der Waals surface area contributed by atoms with Crippen molar-refractivity contribution in [2.75, 3.05) is 25.2 Å². The molecule has 2 aromatic carbocycles. The molecular weight excluding hydrogens is 570 g/mol. The molecule has 3 N–H and O–H groups in total. The number of rotatable bonds is 10. The van der Waals surface area contributed by atoms with Crippen LogP contribution in [0.5, 0.6) is 5.75 Å². The lowest BCUT2D eigenvalue weighted by molar-refractivity contribution is 0.0696. The number of ether oxygens (including phenoxy) is 2. The van der Waals surface area contributed by atoms with Crippen LogP contribution in [0.4, 0.5) is 5.69 Å². The molecule has 0 aliphatic carbocycles. The molecule has 0 saturated carbocycles. The molecule has 0 unspecified atom stereocenters. The van der Waals surface area contributed by atoms with Gasteiger partial charge in [-0.15, -0.1) is 0 Å². The summed E-state index contributed by atoms with van der Waals surface area (Å²) in [5, 5.41) is 23.1. The van der Waals surface area contributed by atoms with E-state index in [4.69, 9.17) is 37.7 Å². The number of aromatic nitrogens is 1. The lowest BCUT2D eigenvalue weighted by atomic mass is 10.0. The molecule has 210 valence electrons. The van der Waals surface area contributed by atoms with Gasteiger partial charge < -0.3 is 34.3 Å². The molecule has 0 spiro atoms. The van der Waals surface area contributed by atoms with Gasteiger partial charge in [-0.05, 0) is 72.9 Å². The predicted molar refractivity (Wildman–Crippen MR) is 155 cm³/mol. The summed E-state index contributed by atoms with van der Waals surface area (Å²) in [7, 11) is 1.58. The second kappa shape index (κ2) is 12.0. The average Bonchev–Trinajstić information content (AvgIpc) is 3.59. The highest BCUT2D eigenvalue weighted by Crippen LogP contribution is 2.44. The molecule has 1 aliphatic rings. The number of furan rings is 1. The fourth-order valence-corrected chi connectivity index (χ4v) is 5.17. The molecule has 0 bridgehead atoms. The van der Waals surface area contributed by atoms with Crippen molar-refractivity contribution >= 4 is 46.6 Å². The Hall–Kier alpha value is -4.45. The number of nitrogens with zero attached hydrogens (tertiary/aromatic N) is 2. The van der Waals surface area contributed by atoms with E-state index < -0.39 is 24.0 Å². The minimum absolute atomic E-state index is 0.169. The van der Waals surface area contributed by atoms with E-state index in [-0.39, 0.29) is 11.1 Å². The van der Waals surface area contributed by atoms with Gasteiger partial charge in [-0.3, -0.25) is 4.98 Å². The summed E-state index contributed by atoms with van der Waals surface area (Å²) in [6, 6.07) is 17.2. The maximum Gasteiger partial charge on any atom is 0.335 e. The summed E-state index contributed by atoms with van der Waals surface area (Å²) < 4.78 is 17.0. The average molecular weight is 594 g/mol. The molecule has 3 heterocycles. The van der Waals surface area contributed by atoms with E-state index in [2.05, 4.69) is 10.3 Å². The molecule has 1 fully saturated rings. The van der Waals surface area contributed by atoms with E-state index in [1.165, 1.54) is 12.1 Å². The van der Waals surface area contributed by atoms with E-state index in [1.807, 2.05) is 29.2 Å². The Kier molecular flexibility index (Phi) is 8.20. The van der Waals surface area contributed by atoms with Gasteiger partial charge in [0.2, 0.25) is 0 Å². The smallest absolute Gasteiger partial charge is 0.335 e. The Balaban J connectivity index is 1.56. The lowest BCUT2D eigenvalue weighted by Crippen LogP contribution is -2.29. The molecular formula is C29H24ClN3O7S. The largest absolute Gasteiger partial charge is 0.490 e. The second-order valence-electron chi connectivity index (χ2n) is 9.06. The number of nitrogens with one attached hydrogen (secondary N) is 1. The first-order chi connectivity index (χ1) is 19.8. The van der Waals surface area contributed by atoms with Crippen molar-refractivity contribution in [1.82, 2.24) is 10.3 Å². The maximum absolute atomic E-state index is 11.6. The highest BCUT2D eigenvalue weighted by atomic mass is 35.5. The fraction of sp³-hybridized carbons (Fsp3) is 0.172. The summed E-state index contributed by atoms with van der Waals surface area (Å²) in [6.45, 7) is 0.752. The number of carbonyl (C=O) groups is 2. The van der Waals surface area contributed by atoms with Gasteiger partial charge in [0.1, 0.15) is 29.9 Å². The van der Waals surface area contributed by atoms with Crippen LogP contribution in [0.2, 0.25) is 5.02 Å². The van der Waals surface area contributed by atoms with Crippen LogP contribution in [0.15, 0.2) is 77.3 Å². The number of benzene rings is 2. The van der Waals surface area contributed by atoms with Crippen LogP contribution in [0.1, 0.15) is 44.3 Å². The molecule has 5 rings (SSSR count). The summed E-state index contributed by atoms with van der Waals surface area (Å²) in [5.41, 5.74) is 1.36. The fourth-order valence-electron chi connectivity index (χ4n) is 4.60. The number of methoxy groups -OCH3 is 1. The van der Waals surface area contributed by atoms with E-state index in [1.54, 1.807) is 37.6 Å². The van der Waals surface area contributed by atoms with Crippen molar-refractivity contribution in [2.24, 2.45) is 0 Å². The molecule has 41 heavy (non-hydrogen) atoms. The standard InChI is InChI=1S/C29H24ClN3O7S/c1-38-10-11-39-23-6-5-19(15-20(23)30)33-26(25(32-29(33)41)21-4-2-3-9-31-21)24-8-7-22(40-24)16-12-17(27(34)35)14-18(13-16)28(36)37/h2-9,12-15,25-26H,10-11H2,1H3,(H,32,41)(H,34,35)(H,36,37)/t25-,26+/m1/s1. The highest BCUT2D eigenvalue weighted by Gasteiger charge is 2.42. The molecule has 0 amide bonds. The zero-order valence-electron chi connectivity index (χ0n) is 21.6. The molecule has 4 aromatic rings. The first kappa shape index (κ1) is 28.1. The number of hydrogen-bond donors (Lipinski definition) is 3. The van der Waals surface area contributed by atoms with Gasteiger partial charge >= 0.3 is 11.9 Å². The van der Waals surface area contributed by atoms with Crippen molar-refractivity contribution in [3.63, 3.8) is 0 Å². The first-order valence-corrected chi connectivity index (χ1v) is 13.2. The van der Waals surface area contributed by atoms with Crippen molar-refractivity contribution in [1.29, 1.82) is 0 Å². The zero-order valence-corrected chi connectivity index (χ0v) is 23.2. The van der Waals surface area contributed by atoms with E-state index >= 15 is 0 Å². The molecule has 12 heteroatoms. The molecule has 1 aliphatic heterocycles. The third-order valence-electron chi connectivity index (χ3n) is 6.47. The number of carboxylic acids is 2. The number of halogens is 1. The zero-order chi connectivity index (χ0) is 29.1. The van der Waals surface area contributed by atoms with Gasteiger partial charge in [0, 0.05) is 24.6 Å². The number of carboxylic acid groups (broad SMARTS) is 2. The molecule has 2 aromatic heterocycles. The molecule has 0 radical (unpaired) electrons. The number of hydrogen-bond acceptors (Lipinski definition) is 7. The Bertz CT molecular complexity index is 1580. The highest BCUT2D eigenvalue weighted by molar-refractivity contribution is 7.80. The van der Waals surface area contributed by atoms with Gasteiger partial charge in [0.05, 0.1) is 34.5 Å². The van der Waals surface area contributed by atoms with Crippen LogP contribution in [0.3, 0.4) is 0 Å². The first-order valence-electron chi connectivity index (χ1n) is 12.4. The SMILES string of the molecule is COCCOc1ccc(N2C(=S)N[C@H](c3ccccn3)[C@@H]2c2ccc(-c3cc(C(=O)O)cc(C(=O)O)c3)o2)cc1Cl. The van der Waals surface area contributed by atoms with Crippen molar-refractivity contribution in [2.45, 2.75) is 12.1 Å². The monoisotopic (exact) mass is 593 g/mol. The summed E-state index contributed by atoms with van der Waals surface area (Å²) >= 11 is 12.3. The number of anilines is 1. The third-order valence-corrected chi connectivity index (χ3v) is 7.08. The van der Waals surface area contributed by atoms with E-state index in [0.717, 1.165) is 6.07 Å². The summed E-state index contributed by atoms with van der Waals surface area (Å²) in [6.07, 6.45) is 1.68. The van der Waals surface area contributed by atoms with E-state index in [0.29, 0.717) is 57.6 Å². The van der Waals surface area contributed by atoms with Gasteiger partial charge in [-0.25, -0.2) is 9.59 Å². The van der Waals surface area contributed by atoms with Crippen LogP contribution in [-0.2, 0) is 4.74 Å². The van der Waals surface area contributed by atoms with Crippen LogP contribution in [-0.4, -0.2) is 52.6 Å². The molecule has 2 atom stereocenters. The lowest BCUT2D eigenvalue weighted by Gasteiger charge is -2.26. The Morgan fingerprint density at radius 3 is 2.44 bits per heavy atom. The number of thiocarbonyl (C=S) groups is 1. The van der Waals surface area contributed by atoms with Crippen LogP contribution < -0.4 is 15.0 Å². The van der Waals surface area contributed by atoms with Crippen LogP contribution in [0, 0.1) is 0 Å². The Morgan fingerprint density at radius 2 is 1.80 bits per heavy atom. The normalized spacial score (nSPS) is 16.4. The quantitative estimate of drug-likeness (QED) is 0.157. The Morgan fingerprint density at radius 1 is 1.05 bits per heavy atom. The van der Waals surface area contributed by atoms with Crippen molar-refractivity contribution in [3.8, 4) is 17.1 Å². The minimum Gasteiger partial charge on any atom is -0.490 e. The summed E-state index contributed by atoms with van der Waals surface area (Å²) in [4.78, 5) is 29.7. The topological polar surface area (TPSA) is 134 Å². The van der Waals surface area contributed by atoms with Crippen LogP contribution in [0.25, 0.3) is 11.3 Å². The van der Waals surface area contributed by atoms with Gasteiger partial charge in [0.25, 0.3) is 0 Å². The van der Waals surface area contributed by atoms with Crippen LogP contribution >= 0.6 is 23.8 Å². The number of pyridine rings is 1. The van der Waals surface area contributed by atoms with Gasteiger partial charge in [-0.2, -0.15) is 0 Å². The third kappa shape index (κ3) is 5.87. The number of aromatic carboxylic acids is 2. The minimum atomic E-state index is -1.25. The van der Waals surface area contributed by atoms with Gasteiger partial charge in [0.15, 0.2) is 5.11 Å². The summed E-state index contributed by atoms with van der Waals surface area (Å²) in [5.74, 6) is -1.23.